The molecule has 0 aliphatic carbocycles. The number of carbonyl (C=O) groups excluding carboxylic acids is 4. The summed E-state index contributed by atoms with van der Waals surface area (Å²) in [6, 6.07) is 7.62. The van der Waals surface area contributed by atoms with E-state index in [2.05, 4.69) is 20.8 Å². The van der Waals surface area contributed by atoms with Gasteiger partial charge in [0.25, 0.3) is 11.8 Å². The van der Waals surface area contributed by atoms with Crippen LogP contribution in [0.5, 0.6) is 0 Å². The summed E-state index contributed by atoms with van der Waals surface area (Å²) < 4.78 is 0. The summed E-state index contributed by atoms with van der Waals surface area (Å²) in [6.07, 6.45) is 0.490. The highest BCUT2D eigenvalue weighted by molar-refractivity contribution is 6.07. The van der Waals surface area contributed by atoms with E-state index < -0.39 is 11.9 Å². The van der Waals surface area contributed by atoms with Gasteiger partial charge in [0.1, 0.15) is 6.04 Å². The molecule has 0 saturated carbocycles. The molecule has 2 aromatic rings. The average molecular weight is 407 g/mol. The second-order valence-corrected chi connectivity index (χ2v) is 7.72. The van der Waals surface area contributed by atoms with Crippen LogP contribution in [-0.2, 0) is 16.1 Å². The van der Waals surface area contributed by atoms with Crippen LogP contribution < -0.4 is 10.6 Å². The summed E-state index contributed by atoms with van der Waals surface area (Å²) in [6.45, 7) is 4.23. The molecule has 30 heavy (non-hydrogen) atoms. The maximum atomic E-state index is 12.7. The maximum absolute atomic E-state index is 12.7. The number of nitrogens with one attached hydrogen (secondary N) is 2. The molecule has 1 aromatic carbocycles. The molecule has 4 rings (SSSR count). The van der Waals surface area contributed by atoms with Crippen molar-refractivity contribution in [2.75, 3.05) is 5.32 Å². The molecule has 2 aliphatic heterocycles. The van der Waals surface area contributed by atoms with E-state index in [1.165, 1.54) is 4.90 Å². The zero-order chi connectivity index (χ0) is 21.4. The van der Waals surface area contributed by atoms with Crippen LogP contribution in [-0.4, -0.2) is 44.8 Å². The molecule has 1 aromatic heterocycles. The summed E-state index contributed by atoms with van der Waals surface area (Å²) in [4.78, 5) is 50.3. The van der Waals surface area contributed by atoms with Crippen molar-refractivity contribution in [2.45, 2.75) is 45.2 Å². The Balaban J connectivity index is 1.49. The minimum atomic E-state index is -0.686. The lowest BCUT2D eigenvalue weighted by Gasteiger charge is -2.29. The number of anilines is 1. The lowest BCUT2D eigenvalue weighted by molar-refractivity contribution is -0.136. The predicted molar refractivity (Wildman–Crippen MR) is 107 cm³/mol. The summed E-state index contributed by atoms with van der Waals surface area (Å²) in [5, 5.41) is 13.1. The number of imide groups is 1. The first-order valence-electron chi connectivity index (χ1n) is 9.76. The summed E-state index contributed by atoms with van der Waals surface area (Å²) in [7, 11) is 0. The van der Waals surface area contributed by atoms with Gasteiger partial charge >= 0.3 is 0 Å². The molecule has 2 aliphatic rings. The molecule has 9 nitrogen and oxygen atoms in total. The van der Waals surface area contributed by atoms with Crippen LogP contribution in [0, 0.1) is 0 Å². The van der Waals surface area contributed by atoms with Crippen LogP contribution in [0.4, 0.5) is 5.82 Å². The topological polar surface area (TPSA) is 121 Å². The van der Waals surface area contributed by atoms with E-state index in [1.807, 2.05) is 19.9 Å². The fraction of sp³-hybridized carbons (Fsp3) is 0.333. The van der Waals surface area contributed by atoms with Crippen LogP contribution in [0.1, 0.15) is 64.6 Å². The number of hydrogen-bond acceptors (Lipinski definition) is 6. The van der Waals surface area contributed by atoms with Gasteiger partial charge in [0, 0.05) is 24.1 Å². The van der Waals surface area contributed by atoms with Gasteiger partial charge in [-0.3, -0.25) is 24.5 Å². The van der Waals surface area contributed by atoms with Crippen LogP contribution in [0.15, 0.2) is 30.3 Å². The number of carbonyl (C=O) groups is 4. The number of benzene rings is 1. The van der Waals surface area contributed by atoms with Crippen molar-refractivity contribution in [3.8, 4) is 0 Å². The van der Waals surface area contributed by atoms with Gasteiger partial charge in [0.05, 0.1) is 5.69 Å². The minimum Gasteiger partial charge on any atom is -0.322 e. The Labute approximate surface area is 172 Å². The highest BCUT2D eigenvalue weighted by atomic mass is 16.2. The monoisotopic (exact) mass is 407 g/mol. The van der Waals surface area contributed by atoms with Crippen molar-refractivity contribution >= 4 is 29.4 Å². The first-order chi connectivity index (χ1) is 14.3. The third-order valence-corrected chi connectivity index (χ3v) is 5.30. The van der Waals surface area contributed by atoms with E-state index in [1.54, 1.807) is 24.3 Å². The summed E-state index contributed by atoms with van der Waals surface area (Å²) >= 11 is 0. The molecular weight excluding hydrogens is 386 g/mol. The van der Waals surface area contributed by atoms with Crippen molar-refractivity contribution in [3.05, 3.63) is 52.7 Å². The third kappa shape index (κ3) is 3.66. The van der Waals surface area contributed by atoms with Crippen LogP contribution >= 0.6 is 0 Å². The molecule has 3 heterocycles. The maximum Gasteiger partial charge on any atom is 0.256 e. The lowest BCUT2D eigenvalue weighted by Crippen LogP contribution is -2.52. The standard InChI is InChI=1S/C21H21N5O4/c1-11(2)15-5-7-17(25-24-15)22-19(28)12-3-4-14-13(9-12)10-26(21(14)30)16-6-8-18(27)23-20(16)29/h3-5,7,9,11,16H,6,8,10H2,1-2H3,(H,22,25,28)(H,23,27,29). The number of nitrogens with zero attached hydrogens (tertiary/aromatic N) is 3. The van der Waals surface area contributed by atoms with Gasteiger partial charge in [0.2, 0.25) is 11.8 Å². The smallest absolute Gasteiger partial charge is 0.256 e. The number of hydrogen-bond donors (Lipinski definition) is 2. The Morgan fingerprint density at radius 1 is 1.17 bits per heavy atom. The number of piperidine rings is 1. The number of rotatable bonds is 4. The van der Waals surface area contributed by atoms with E-state index in [4.69, 9.17) is 0 Å². The largest absolute Gasteiger partial charge is 0.322 e. The van der Waals surface area contributed by atoms with Gasteiger partial charge in [0.15, 0.2) is 5.82 Å². The Morgan fingerprint density at radius 2 is 1.97 bits per heavy atom. The molecule has 1 atom stereocenters. The Bertz CT molecular complexity index is 1050. The normalized spacial score (nSPS) is 18.4. The van der Waals surface area contributed by atoms with E-state index in [0.29, 0.717) is 28.9 Å². The molecule has 9 heteroatoms. The van der Waals surface area contributed by atoms with Crippen molar-refractivity contribution in [1.29, 1.82) is 0 Å². The molecule has 0 bridgehead atoms. The van der Waals surface area contributed by atoms with Gasteiger partial charge in [-0.05, 0) is 48.2 Å². The Morgan fingerprint density at radius 3 is 2.63 bits per heavy atom. The Kier molecular flexibility index (Phi) is 5.03. The Hall–Kier alpha value is -3.62. The van der Waals surface area contributed by atoms with E-state index >= 15 is 0 Å². The molecular formula is C21H21N5O4. The third-order valence-electron chi connectivity index (χ3n) is 5.30. The van der Waals surface area contributed by atoms with Crippen LogP contribution in [0.2, 0.25) is 0 Å². The quantitative estimate of drug-likeness (QED) is 0.743. The summed E-state index contributed by atoms with van der Waals surface area (Å²) in [5.74, 6) is -0.856. The van der Waals surface area contributed by atoms with Crippen molar-refractivity contribution in [3.63, 3.8) is 0 Å². The molecule has 0 radical (unpaired) electrons. The highest BCUT2D eigenvalue weighted by Gasteiger charge is 2.39. The van der Waals surface area contributed by atoms with E-state index in [0.717, 1.165) is 5.69 Å². The summed E-state index contributed by atoms with van der Waals surface area (Å²) in [5.41, 5.74) is 2.33. The SMILES string of the molecule is CC(C)c1ccc(NC(=O)c2ccc3c(c2)CN(C2CCC(=O)NC2=O)C3=O)nn1. The van der Waals surface area contributed by atoms with Crippen molar-refractivity contribution in [1.82, 2.24) is 20.4 Å². The molecule has 1 unspecified atom stereocenters. The molecule has 2 N–H and O–H groups in total. The number of aromatic nitrogens is 2. The molecule has 0 spiro atoms. The second-order valence-electron chi connectivity index (χ2n) is 7.72. The fourth-order valence-electron chi connectivity index (χ4n) is 3.62. The number of fused-ring (bicyclic) bond motifs is 1. The van der Waals surface area contributed by atoms with Crippen LogP contribution in [0.25, 0.3) is 0 Å². The van der Waals surface area contributed by atoms with Gasteiger partial charge in [-0.2, -0.15) is 5.10 Å². The second kappa shape index (κ2) is 7.66. The predicted octanol–water partition coefficient (Wildman–Crippen LogP) is 1.61. The van der Waals surface area contributed by atoms with Gasteiger partial charge < -0.3 is 10.2 Å². The molecule has 154 valence electrons. The number of amides is 4. The highest BCUT2D eigenvalue weighted by Crippen LogP contribution is 2.28. The zero-order valence-corrected chi connectivity index (χ0v) is 16.6. The molecule has 4 amide bonds. The first-order valence-corrected chi connectivity index (χ1v) is 9.76. The minimum absolute atomic E-state index is 0.195. The van der Waals surface area contributed by atoms with Gasteiger partial charge in [-0.25, -0.2) is 0 Å². The van der Waals surface area contributed by atoms with Crippen molar-refractivity contribution < 1.29 is 19.2 Å². The lowest BCUT2D eigenvalue weighted by atomic mass is 10.0. The molecule has 1 saturated heterocycles. The first kappa shape index (κ1) is 19.7. The fourth-order valence-corrected chi connectivity index (χ4v) is 3.62. The van der Waals surface area contributed by atoms with E-state index in [9.17, 15) is 19.2 Å². The van der Waals surface area contributed by atoms with E-state index in [-0.39, 0.29) is 36.6 Å². The average Bonchev–Trinajstić information content (AvgIpc) is 3.04. The van der Waals surface area contributed by atoms with Gasteiger partial charge in [-0.15, -0.1) is 5.10 Å². The van der Waals surface area contributed by atoms with Crippen molar-refractivity contribution in [2.24, 2.45) is 0 Å². The van der Waals surface area contributed by atoms with Gasteiger partial charge in [-0.1, -0.05) is 13.8 Å². The zero-order valence-electron chi connectivity index (χ0n) is 16.6. The van der Waals surface area contributed by atoms with Crippen LogP contribution in [0.3, 0.4) is 0 Å². The molecule has 1 fully saturated rings.